The zero-order chi connectivity index (χ0) is 21.9. The highest BCUT2D eigenvalue weighted by atomic mass is 19.2. The molecule has 0 radical (unpaired) electrons. The van der Waals surface area contributed by atoms with Crippen LogP contribution < -0.4 is 14.8 Å². The Kier molecular flexibility index (Phi) is 9.54. The minimum absolute atomic E-state index is 0.168. The van der Waals surface area contributed by atoms with Gasteiger partial charge in [0.05, 0.1) is 7.11 Å². The lowest BCUT2D eigenvalue weighted by Gasteiger charge is -2.19. The van der Waals surface area contributed by atoms with Crippen molar-refractivity contribution < 1.29 is 23.0 Å². The Morgan fingerprint density at radius 1 is 1.00 bits per heavy atom. The number of halogens is 2. The number of likely N-dealkylation sites (N-methyl/N-ethyl adjacent to an activating group) is 1. The fourth-order valence-corrected chi connectivity index (χ4v) is 3.01. The average Bonchev–Trinajstić information content (AvgIpc) is 2.76. The number of ether oxygens (including phenoxy) is 2. The van der Waals surface area contributed by atoms with Crippen LogP contribution in [0.25, 0.3) is 0 Å². The molecule has 30 heavy (non-hydrogen) atoms. The predicted molar refractivity (Wildman–Crippen MR) is 113 cm³/mol. The second kappa shape index (κ2) is 12.1. The van der Waals surface area contributed by atoms with Crippen molar-refractivity contribution in [2.24, 2.45) is 0 Å². The summed E-state index contributed by atoms with van der Waals surface area (Å²) < 4.78 is 37.4. The fraction of sp³-hybridized carbons (Fsp3) is 0.435. The minimum Gasteiger partial charge on any atom is -0.493 e. The van der Waals surface area contributed by atoms with Gasteiger partial charge in [-0.25, -0.2) is 8.78 Å². The van der Waals surface area contributed by atoms with Gasteiger partial charge in [0.25, 0.3) is 0 Å². The van der Waals surface area contributed by atoms with Crippen molar-refractivity contribution in [3.05, 3.63) is 59.2 Å². The van der Waals surface area contributed by atoms with E-state index in [1.807, 2.05) is 18.2 Å². The van der Waals surface area contributed by atoms with Crippen molar-refractivity contribution in [3.63, 3.8) is 0 Å². The Balaban J connectivity index is 1.82. The van der Waals surface area contributed by atoms with Crippen molar-refractivity contribution in [2.75, 3.05) is 33.4 Å². The second-order valence-electron chi connectivity index (χ2n) is 6.89. The van der Waals surface area contributed by atoms with Gasteiger partial charge in [-0.05, 0) is 54.9 Å². The van der Waals surface area contributed by atoms with E-state index in [1.54, 1.807) is 7.11 Å². The number of amides is 1. The van der Waals surface area contributed by atoms with Gasteiger partial charge in [0, 0.05) is 19.5 Å². The molecule has 0 fully saturated rings. The monoisotopic (exact) mass is 420 g/mol. The lowest BCUT2D eigenvalue weighted by molar-refractivity contribution is -0.121. The molecule has 2 aromatic carbocycles. The van der Waals surface area contributed by atoms with Gasteiger partial charge in [-0.15, -0.1) is 0 Å². The van der Waals surface area contributed by atoms with Crippen molar-refractivity contribution in [3.8, 4) is 11.5 Å². The molecule has 0 aliphatic rings. The van der Waals surface area contributed by atoms with Gasteiger partial charge in [-0.3, -0.25) is 4.79 Å². The van der Waals surface area contributed by atoms with Crippen LogP contribution in [0.5, 0.6) is 11.5 Å². The number of nitrogens with zero attached hydrogens (tertiary/aromatic N) is 1. The van der Waals surface area contributed by atoms with Crippen LogP contribution in [-0.4, -0.2) is 44.2 Å². The summed E-state index contributed by atoms with van der Waals surface area (Å²) in [5.41, 5.74) is 1.46. The molecular formula is C23H30F2N2O3. The number of carbonyl (C=O) groups excluding carboxylic acids is 1. The smallest absolute Gasteiger partial charge is 0.220 e. The molecule has 0 bridgehead atoms. The molecule has 0 aliphatic heterocycles. The molecule has 0 saturated carbocycles. The Morgan fingerprint density at radius 2 is 1.73 bits per heavy atom. The third kappa shape index (κ3) is 7.30. The molecule has 0 spiro atoms. The van der Waals surface area contributed by atoms with E-state index in [-0.39, 0.29) is 12.3 Å². The van der Waals surface area contributed by atoms with Gasteiger partial charge in [0.15, 0.2) is 23.1 Å². The van der Waals surface area contributed by atoms with Crippen LogP contribution in [0, 0.1) is 11.6 Å². The summed E-state index contributed by atoms with van der Waals surface area (Å²) in [4.78, 5) is 14.4. The average molecular weight is 421 g/mol. The normalized spacial score (nSPS) is 10.9. The summed E-state index contributed by atoms with van der Waals surface area (Å²) in [7, 11) is 1.58. The third-order valence-electron chi connectivity index (χ3n) is 4.90. The fourth-order valence-electron chi connectivity index (χ4n) is 3.01. The Hall–Kier alpha value is -2.67. The number of hydrogen-bond acceptors (Lipinski definition) is 4. The van der Waals surface area contributed by atoms with Gasteiger partial charge in [-0.1, -0.05) is 26.0 Å². The van der Waals surface area contributed by atoms with Gasteiger partial charge < -0.3 is 19.7 Å². The first-order chi connectivity index (χ1) is 14.5. The maximum Gasteiger partial charge on any atom is 0.220 e. The first-order valence-corrected chi connectivity index (χ1v) is 10.2. The molecule has 1 amide bonds. The highest BCUT2D eigenvalue weighted by Gasteiger charge is 2.09. The molecule has 0 heterocycles. The molecular weight excluding hydrogens is 390 g/mol. The number of carbonyl (C=O) groups is 1. The van der Waals surface area contributed by atoms with Crippen LogP contribution in [0.1, 0.15) is 31.4 Å². The highest BCUT2D eigenvalue weighted by Crippen LogP contribution is 2.28. The van der Waals surface area contributed by atoms with Crippen molar-refractivity contribution in [1.29, 1.82) is 0 Å². The summed E-state index contributed by atoms with van der Waals surface area (Å²) in [5.74, 6) is -0.684. The standard InChI is InChI=1S/C23H30F2N2O3/c1-4-27(5-2)12-13-30-21-10-7-18(15-22(21)29-3)16-26-23(28)11-8-17-6-9-19(24)20(25)14-17/h6-7,9-10,14-15H,4-5,8,11-13,16H2,1-3H3,(H,26,28). The molecule has 0 aliphatic carbocycles. The SMILES string of the molecule is CCN(CC)CCOc1ccc(CNC(=O)CCc2ccc(F)c(F)c2)cc1OC. The molecule has 0 atom stereocenters. The molecule has 5 nitrogen and oxygen atoms in total. The predicted octanol–water partition coefficient (Wildman–Crippen LogP) is 3.94. The molecule has 2 rings (SSSR count). The van der Waals surface area contributed by atoms with Crippen molar-refractivity contribution in [1.82, 2.24) is 10.2 Å². The lowest BCUT2D eigenvalue weighted by Crippen LogP contribution is -2.28. The quantitative estimate of drug-likeness (QED) is 0.565. The van der Waals surface area contributed by atoms with Crippen LogP contribution in [0.4, 0.5) is 8.78 Å². The number of hydrogen-bond donors (Lipinski definition) is 1. The Morgan fingerprint density at radius 3 is 2.40 bits per heavy atom. The van der Waals surface area contributed by atoms with Gasteiger partial charge in [0.1, 0.15) is 6.61 Å². The number of aryl methyl sites for hydroxylation is 1. The Bertz CT molecular complexity index is 826. The zero-order valence-electron chi connectivity index (χ0n) is 17.8. The van der Waals surface area contributed by atoms with E-state index in [1.165, 1.54) is 6.07 Å². The van der Waals surface area contributed by atoms with Crippen molar-refractivity contribution >= 4 is 5.91 Å². The molecule has 1 N–H and O–H groups in total. The summed E-state index contributed by atoms with van der Waals surface area (Å²) in [5, 5.41) is 2.83. The van der Waals surface area contributed by atoms with Crippen LogP contribution in [0.2, 0.25) is 0 Å². The van der Waals surface area contributed by atoms with Crippen LogP contribution in [-0.2, 0) is 17.8 Å². The van der Waals surface area contributed by atoms with E-state index in [0.29, 0.717) is 36.6 Å². The van der Waals surface area contributed by atoms with Crippen LogP contribution >= 0.6 is 0 Å². The Labute approximate surface area is 177 Å². The number of nitrogens with one attached hydrogen (secondary N) is 1. The number of rotatable bonds is 12. The highest BCUT2D eigenvalue weighted by molar-refractivity contribution is 5.76. The molecule has 0 aromatic heterocycles. The largest absolute Gasteiger partial charge is 0.493 e. The van der Waals surface area contributed by atoms with Crippen LogP contribution in [0.3, 0.4) is 0 Å². The topological polar surface area (TPSA) is 50.8 Å². The number of methoxy groups -OCH3 is 1. The maximum atomic E-state index is 13.2. The van der Waals surface area contributed by atoms with Gasteiger partial charge >= 0.3 is 0 Å². The molecule has 164 valence electrons. The summed E-state index contributed by atoms with van der Waals surface area (Å²) in [6.07, 6.45) is 0.528. The molecule has 2 aromatic rings. The van der Waals surface area contributed by atoms with Gasteiger partial charge in [-0.2, -0.15) is 0 Å². The van der Waals surface area contributed by atoms with E-state index >= 15 is 0 Å². The lowest BCUT2D eigenvalue weighted by atomic mass is 10.1. The second-order valence-corrected chi connectivity index (χ2v) is 6.89. The summed E-state index contributed by atoms with van der Waals surface area (Å²) in [6.45, 7) is 7.93. The summed E-state index contributed by atoms with van der Waals surface area (Å²) in [6, 6.07) is 9.22. The minimum atomic E-state index is -0.903. The van der Waals surface area contributed by atoms with E-state index in [9.17, 15) is 13.6 Å². The van der Waals surface area contributed by atoms with E-state index < -0.39 is 11.6 Å². The van der Waals surface area contributed by atoms with E-state index in [0.717, 1.165) is 37.3 Å². The maximum absolute atomic E-state index is 13.2. The van der Waals surface area contributed by atoms with Gasteiger partial charge in [0.2, 0.25) is 5.91 Å². The zero-order valence-corrected chi connectivity index (χ0v) is 17.8. The molecule has 0 saturated heterocycles. The molecule has 0 unspecified atom stereocenters. The first-order valence-electron chi connectivity index (χ1n) is 10.2. The van der Waals surface area contributed by atoms with Crippen LogP contribution in [0.15, 0.2) is 36.4 Å². The summed E-state index contributed by atoms with van der Waals surface area (Å²) >= 11 is 0. The third-order valence-corrected chi connectivity index (χ3v) is 4.90. The van der Waals surface area contributed by atoms with Crippen molar-refractivity contribution in [2.45, 2.75) is 33.2 Å². The van der Waals surface area contributed by atoms with E-state index in [2.05, 4.69) is 24.1 Å². The molecule has 7 heteroatoms. The van der Waals surface area contributed by atoms with E-state index in [4.69, 9.17) is 9.47 Å². The number of benzene rings is 2. The first kappa shape index (κ1) is 23.6.